The van der Waals surface area contributed by atoms with Crippen LogP contribution in [-0.4, -0.2) is 37.9 Å². The fourth-order valence-corrected chi connectivity index (χ4v) is 5.32. The molecule has 0 saturated carbocycles. The van der Waals surface area contributed by atoms with Crippen LogP contribution in [0.4, 0.5) is 0 Å². The van der Waals surface area contributed by atoms with E-state index in [9.17, 15) is 9.59 Å². The normalized spacial score (nSPS) is 13.1. The number of hydrogen-bond donors (Lipinski definition) is 0. The van der Waals surface area contributed by atoms with Crippen molar-refractivity contribution in [3.63, 3.8) is 0 Å². The smallest absolute Gasteiger partial charge is 0.309 e. The van der Waals surface area contributed by atoms with E-state index in [0.717, 1.165) is 70.6 Å². The number of esters is 2. The predicted molar refractivity (Wildman–Crippen MR) is 223 cm³/mol. The molecule has 0 amide bonds. The van der Waals surface area contributed by atoms with E-state index in [1.165, 1.54) is 70.6 Å². The third-order valence-corrected chi connectivity index (χ3v) is 8.45. The number of allylic oxidation sites excluding steroid dienone is 13. The molecular formula is C47H78O5. The summed E-state index contributed by atoms with van der Waals surface area (Å²) in [5.74, 6) is -0.570. The van der Waals surface area contributed by atoms with Crippen LogP contribution >= 0.6 is 0 Å². The molecule has 0 heterocycles. The van der Waals surface area contributed by atoms with E-state index in [2.05, 4.69) is 93.7 Å². The topological polar surface area (TPSA) is 61.8 Å². The van der Waals surface area contributed by atoms with Crippen molar-refractivity contribution in [3.05, 3.63) is 85.1 Å². The first kappa shape index (κ1) is 49.1. The van der Waals surface area contributed by atoms with E-state index in [-0.39, 0.29) is 31.6 Å². The lowest BCUT2D eigenvalue weighted by molar-refractivity contribution is -0.162. The lowest BCUT2D eigenvalue weighted by Crippen LogP contribution is -2.30. The summed E-state index contributed by atoms with van der Waals surface area (Å²) in [4.78, 5) is 24.9. The second-order valence-corrected chi connectivity index (χ2v) is 13.5. The molecule has 0 aromatic rings. The van der Waals surface area contributed by atoms with Gasteiger partial charge in [0.25, 0.3) is 0 Å². The number of unbranched alkanes of at least 4 members (excludes halogenated alkanes) is 13. The highest BCUT2D eigenvalue weighted by atomic mass is 16.6. The minimum atomic E-state index is -0.579. The summed E-state index contributed by atoms with van der Waals surface area (Å²) in [7, 11) is 0. The van der Waals surface area contributed by atoms with Gasteiger partial charge in [-0.3, -0.25) is 9.59 Å². The molecule has 52 heavy (non-hydrogen) atoms. The Hall–Kier alpha value is -2.92. The van der Waals surface area contributed by atoms with E-state index in [0.29, 0.717) is 13.0 Å². The van der Waals surface area contributed by atoms with Gasteiger partial charge in [-0.2, -0.15) is 0 Å². The van der Waals surface area contributed by atoms with Crippen molar-refractivity contribution in [2.45, 2.75) is 181 Å². The van der Waals surface area contributed by atoms with Gasteiger partial charge in [-0.15, -0.1) is 0 Å². The number of hydrogen-bond acceptors (Lipinski definition) is 5. The highest BCUT2D eigenvalue weighted by Gasteiger charge is 2.17. The molecule has 0 radical (unpaired) electrons. The van der Waals surface area contributed by atoms with Crippen LogP contribution in [0.5, 0.6) is 0 Å². The van der Waals surface area contributed by atoms with Crippen LogP contribution < -0.4 is 0 Å². The summed E-state index contributed by atoms with van der Waals surface area (Å²) in [5.41, 5.74) is 0. The van der Waals surface area contributed by atoms with Gasteiger partial charge in [-0.1, -0.05) is 170 Å². The van der Waals surface area contributed by atoms with Crippen LogP contribution in [0, 0.1) is 0 Å². The molecule has 0 saturated heterocycles. The molecule has 0 aliphatic carbocycles. The molecule has 0 aromatic carbocycles. The van der Waals surface area contributed by atoms with Gasteiger partial charge < -0.3 is 14.2 Å². The van der Waals surface area contributed by atoms with Crippen LogP contribution in [0.25, 0.3) is 0 Å². The molecule has 1 unspecified atom stereocenters. The first-order chi connectivity index (χ1) is 25.6. The second-order valence-electron chi connectivity index (χ2n) is 13.5. The minimum absolute atomic E-state index is 0.0226. The Labute approximate surface area is 320 Å². The highest BCUT2D eigenvalue weighted by Crippen LogP contribution is 2.10. The van der Waals surface area contributed by atoms with Gasteiger partial charge in [0.15, 0.2) is 6.10 Å². The first-order valence-electron chi connectivity index (χ1n) is 21.1. The molecule has 0 bridgehead atoms. The number of carbonyl (C=O) groups excluding carboxylic acids is 2. The quantitative estimate of drug-likeness (QED) is 0.0363. The van der Waals surface area contributed by atoms with Crippen molar-refractivity contribution in [3.8, 4) is 0 Å². The standard InChI is InChI=1S/C47H78O5/c1-4-7-10-13-15-17-19-21-23-25-27-29-31-33-36-39-42-50-43-45(52-47(49)41-38-34-12-9-6-3)44-51-46(48)40-37-35-32-30-28-26-24-22-20-18-16-14-11-8-5-2/h8,11,15-18,21-24,28,30,35,37,45H,4-7,9-10,12-14,19-20,25-27,29,31-34,36,38-44H2,1-3H3/b11-8-,17-15-,18-16-,23-21-,24-22-,30-28-,37-35-. The Morgan fingerprint density at radius 1 is 0.462 bits per heavy atom. The van der Waals surface area contributed by atoms with Gasteiger partial charge >= 0.3 is 11.9 Å². The number of ether oxygens (including phenoxy) is 3. The van der Waals surface area contributed by atoms with E-state index < -0.39 is 6.10 Å². The molecule has 0 fully saturated rings. The van der Waals surface area contributed by atoms with Crippen molar-refractivity contribution < 1.29 is 23.8 Å². The molecule has 0 aliphatic rings. The van der Waals surface area contributed by atoms with Gasteiger partial charge in [0.1, 0.15) is 6.61 Å². The van der Waals surface area contributed by atoms with Gasteiger partial charge in [0.05, 0.1) is 13.0 Å². The first-order valence-corrected chi connectivity index (χ1v) is 21.1. The molecule has 0 rings (SSSR count). The SMILES string of the molecule is CC/C=C\C/C=C\C/C=C\C/C=C\C/C=C\CC(=O)OCC(COCCCCCCCC/C=C\C/C=C\CCCCC)OC(=O)CCCCCCC. The fraction of sp³-hybridized carbons (Fsp3) is 0.660. The highest BCUT2D eigenvalue weighted by molar-refractivity contribution is 5.71. The van der Waals surface area contributed by atoms with Crippen LogP contribution in [0.2, 0.25) is 0 Å². The Balaban J connectivity index is 4.25. The third-order valence-electron chi connectivity index (χ3n) is 8.45. The summed E-state index contributed by atoms with van der Waals surface area (Å²) in [5, 5.41) is 0. The predicted octanol–water partition coefficient (Wildman–Crippen LogP) is 13.8. The van der Waals surface area contributed by atoms with Gasteiger partial charge in [0.2, 0.25) is 0 Å². The summed E-state index contributed by atoms with van der Waals surface area (Å²) in [6.45, 7) is 7.46. The Kier molecular flexibility index (Phi) is 40.1. The average Bonchev–Trinajstić information content (AvgIpc) is 3.14. The molecule has 0 spiro atoms. The molecule has 5 nitrogen and oxygen atoms in total. The largest absolute Gasteiger partial charge is 0.461 e. The van der Waals surface area contributed by atoms with E-state index in [4.69, 9.17) is 14.2 Å². The maximum Gasteiger partial charge on any atom is 0.309 e. The van der Waals surface area contributed by atoms with Gasteiger partial charge in [0, 0.05) is 13.0 Å². The minimum Gasteiger partial charge on any atom is -0.461 e. The molecule has 0 aliphatic heterocycles. The Morgan fingerprint density at radius 2 is 0.923 bits per heavy atom. The van der Waals surface area contributed by atoms with Crippen molar-refractivity contribution in [2.24, 2.45) is 0 Å². The van der Waals surface area contributed by atoms with Crippen molar-refractivity contribution in [1.82, 2.24) is 0 Å². The van der Waals surface area contributed by atoms with Gasteiger partial charge in [-0.25, -0.2) is 0 Å². The molecule has 296 valence electrons. The molecular weight excluding hydrogens is 645 g/mol. The Bertz CT molecular complexity index is 999. The third kappa shape index (κ3) is 39.9. The average molecular weight is 723 g/mol. The van der Waals surface area contributed by atoms with Crippen LogP contribution in [0.3, 0.4) is 0 Å². The van der Waals surface area contributed by atoms with Crippen LogP contribution in [-0.2, 0) is 23.8 Å². The fourth-order valence-electron chi connectivity index (χ4n) is 5.32. The van der Waals surface area contributed by atoms with Crippen LogP contribution in [0.1, 0.15) is 175 Å². The zero-order valence-corrected chi connectivity index (χ0v) is 33.8. The van der Waals surface area contributed by atoms with E-state index >= 15 is 0 Å². The Morgan fingerprint density at radius 3 is 1.52 bits per heavy atom. The van der Waals surface area contributed by atoms with Gasteiger partial charge in [-0.05, 0) is 77.0 Å². The van der Waals surface area contributed by atoms with Crippen molar-refractivity contribution in [2.75, 3.05) is 19.8 Å². The van der Waals surface area contributed by atoms with E-state index in [1.807, 2.05) is 12.2 Å². The zero-order valence-electron chi connectivity index (χ0n) is 33.8. The summed E-state index contributed by atoms with van der Waals surface area (Å²) >= 11 is 0. The molecule has 1 atom stereocenters. The van der Waals surface area contributed by atoms with E-state index in [1.54, 1.807) is 0 Å². The lowest BCUT2D eigenvalue weighted by atomic mass is 10.1. The summed E-state index contributed by atoms with van der Waals surface area (Å²) < 4.78 is 17.0. The molecule has 0 N–H and O–H groups in total. The second kappa shape index (κ2) is 42.5. The number of rotatable bonds is 37. The number of carbonyl (C=O) groups is 2. The van der Waals surface area contributed by atoms with Crippen LogP contribution in [0.15, 0.2) is 85.1 Å². The van der Waals surface area contributed by atoms with Crippen molar-refractivity contribution in [1.29, 1.82) is 0 Å². The maximum atomic E-state index is 12.5. The zero-order chi connectivity index (χ0) is 37.8. The molecule has 0 aromatic heterocycles. The lowest BCUT2D eigenvalue weighted by Gasteiger charge is -2.18. The maximum absolute atomic E-state index is 12.5. The summed E-state index contributed by atoms with van der Waals surface area (Å²) in [6.07, 6.45) is 54.9. The monoisotopic (exact) mass is 723 g/mol. The summed E-state index contributed by atoms with van der Waals surface area (Å²) in [6, 6.07) is 0. The van der Waals surface area contributed by atoms with Crippen molar-refractivity contribution >= 4 is 11.9 Å². The molecule has 5 heteroatoms.